The number of esters is 1. The van der Waals surface area contributed by atoms with Crippen molar-refractivity contribution < 1.29 is 23.1 Å². The molecule has 0 atom stereocenters. The molecule has 0 unspecified atom stereocenters. The van der Waals surface area contributed by atoms with E-state index in [0.29, 0.717) is 18.5 Å². The highest BCUT2D eigenvalue weighted by Crippen LogP contribution is 2.09. The van der Waals surface area contributed by atoms with Gasteiger partial charge >= 0.3 is 5.97 Å². The first kappa shape index (κ1) is 15.8. The summed E-state index contributed by atoms with van der Waals surface area (Å²) in [6.45, 7) is 1.72. The summed E-state index contributed by atoms with van der Waals surface area (Å²) in [7, 11) is 0. The molecular formula is C16H16FNO4. The fraction of sp³-hybridized carbons (Fsp3) is 0.250. The van der Waals surface area contributed by atoms with Crippen LogP contribution in [0.4, 0.5) is 4.39 Å². The van der Waals surface area contributed by atoms with Gasteiger partial charge in [-0.3, -0.25) is 4.79 Å². The van der Waals surface area contributed by atoms with Crippen LogP contribution >= 0.6 is 0 Å². The van der Waals surface area contributed by atoms with Gasteiger partial charge < -0.3 is 14.5 Å². The topological polar surface area (TPSA) is 68.5 Å². The Morgan fingerprint density at radius 2 is 1.95 bits per heavy atom. The Morgan fingerprint density at radius 1 is 1.23 bits per heavy atom. The maximum Gasteiger partial charge on any atom is 0.375 e. The van der Waals surface area contributed by atoms with Crippen LogP contribution in [0.15, 0.2) is 41.0 Å². The fourth-order valence-electron chi connectivity index (χ4n) is 1.83. The van der Waals surface area contributed by atoms with E-state index in [9.17, 15) is 14.0 Å². The monoisotopic (exact) mass is 305 g/mol. The summed E-state index contributed by atoms with van der Waals surface area (Å²) < 4.78 is 22.6. The van der Waals surface area contributed by atoms with Gasteiger partial charge in [-0.25, -0.2) is 9.18 Å². The van der Waals surface area contributed by atoms with Crippen LogP contribution in [-0.2, 0) is 16.0 Å². The van der Waals surface area contributed by atoms with Crippen molar-refractivity contribution in [3.63, 3.8) is 0 Å². The third kappa shape index (κ3) is 4.44. The molecule has 0 spiro atoms. The largest absolute Gasteiger partial charge is 0.457 e. The van der Waals surface area contributed by atoms with Gasteiger partial charge in [0.25, 0.3) is 5.91 Å². The number of nitrogens with one attached hydrogen (secondary N) is 1. The van der Waals surface area contributed by atoms with Crippen molar-refractivity contribution in [1.82, 2.24) is 5.32 Å². The molecule has 6 heteroatoms. The van der Waals surface area contributed by atoms with Gasteiger partial charge in [-0.05, 0) is 37.1 Å². The summed E-state index contributed by atoms with van der Waals surface area (Å²) in [5.74, 6) is -1.28. The summed E-state index contributed by atoms with van der Waals surface area (Å²) in [6.07, 6.45) is 1.95. The normalized spacial score (nSPS) is 10.3. The summed E-state index contributed by atoms with van der Waals surface area (Å²) >= 11 is 0. The lowest BCUT2D eigenvalue weighted by Gasteiger charge is -2.06. The maximum absolute atomic E-state index is 12.7. The van der Waals surface area contributed by atoms with E-state index in [2.05, 4.69) is 5.32 Å². The molecule has 5 nitrogen and oxygen atoms in total. The lowest BCUT2D eigenvalue weighted by molar-refractivity contribution is -0.124. The second-order valence-corrected chi connectivity index (χ2v) is 4.74. The smallest absolute Gasteiger partial charge is 0.375 e. The van der Waals surface area contributed by atoms with E-state index in [1.165, 1.54) is 18.4 Å². The first-order valence-electron chi connectivity index (χ1n) is 6.78. The molecule has 0 saturated heterocycles. The van der Waals surface area contributed by atoms with E-state index in [1.807, 2.05) is 0 Å². The molecule has 1 N–H and O–H groups in total. The Hall–Kier alpha value is -2.63. The predicted octanol–water partition coefficient (Wildman–Crippen LogP) is 2.24. The van der Waals surface area contributed by atoms with E-state index < -0.39 is 11.9 Å². The third-order valence-electron chi connectivity index (χ3n) is 3.03. The average molecular weight is 305 g/mol. The number of benzene rings is 1. The summed E-state index contributed by atoms with van der Waals surface area (Å²) in [5.41, 5.74) is 1.56. The van der Waals surface area contributed by atoms with Crippen molar-refractivity contribution >= 4 is 11.9 Å². The van der Waals surface area contributed by atoms with Crippen molar-refractivity contribution in [2.75, 3.05) is 13.2 Å². The van der Waals surface area contributed by atoms with Crippen LogP contribution in [0.3, 0.4) is 0 Å². The van der Waals surface area contributed by atoms with Gasteiger partial charge in [-0.1, -0.05) is 12.1 Å². The van der Waals surface area contributed by atoms with Gasteiger partial charge in [-0.15, -0.1) is 0 Å². The molecule has 0 aliphatic heterocycles. The van der Waals surface area contributed by atoms with Crippen LogP contribution in [0.25, 0.3) is 0 Å². The molecule has 1 amide bonds. The SMILES string of the molecule is Cc1ccoc1C(=O)OCC(=O)NCCc1ccc(F)cc1. The molecule has 2 rings (SSSR count). The van der Waals surface area contributed by atoms with Gasteiger partial charge in [0.15, 0.2) is 6.61 Å². The summed E-state index contributed by atoms with van der Waals surface area (Å²) in [6, 6.07) is 7.68. The molecule has 0 fully saturated rings. The van der Waals surface area contributed by atoms with E-state index in [4.69, 9.17) is 9.15 Å². The molecule has 0 bridgehead atoms. The molecule has 2 aromatic rings. The molecule has 1 aromatic heterocycles. The molecule has 0 aliphatic carbocycles. The van der Waals surface area contributed by atoms with Crippen molar-refractivity contribution in [3.8, 4) is 0 Å². The van der Waals surface area contributed by atoms with E-state index in [-0.39, 0.29) is 18.2 Å². The number of aryl methyl sites for hydroxylation is 1. The number of hydrogen-bond acceptors (Lipinski definition) is 4. The van der Waals surface area contributed by atoms with Gasteiger partial charge in [0, 0.05) is 12.1 Å². The molecule has 0 aliphatic rings. The second kappa shape index (κ2) is 7.40. The van der Waals surface area contributed by atoms with Crippen LogP contribution in [0.1, 0.15) is 21.7 Å². The summed E-state index contributed by atoms with van der Waals surface area (Å²) in [5, 5.41) is 2.62. The Bertz CT molecular complexity index is 648. The second-order valence-electron chi connectivity index (χ2n) is 4.74. The number of halogens is 1. The van der Waals surface area contributed by atoms with E-state index >= 15 is 0 Å². The third-order valence-corrected chi connectivity index (χ3v) is 3.03. The highest BCUT2D eigenvalue weighted by molar-refractivity contribution is 5.90. The standard InChI is InChI=1S/C16H16FNO4/c1-11-7-9-21-15(11)16(20)22-10-14(19)18-8-6-12-2-4-13(17)5-3-12/h2-5,7,9H,6,8,10H2,1H3,(H,18,19). The molecule has 0 saturated carbocycles. The van der Waals surface area contributed by atoms with Crippen molar-refractivity contribution in [1.29, 1.82) is 0 Å². The zero-order valence-corrected chi connectivity index (χ0v) is 12.1. The quantitative estimate of drug-likeness (QED) is 0.831. The molecular weight excluding hydrogens is 289 g/mol. The van der Waals surface area contributed by atoms with Gasteiger partial charge in [0.2, 0.25) is 5.76 Å². The van der Waals surface area contributed by atoms with Crippen LogP contribution in [0.5, 0.6) is 0 Å². The highest BCUT2D eigenvalue weighted by atomic mass is 19.1. The van der Waals surface area contributed by atoms with Crippen molar-refractivity contribution in [3.05, 3.63) is 59.3 Å². The number of amides is 1. The molecule has 116 valence electrons. The lowest BCUT2D eigenvalue weighted by atomic mass is 10.1. The number of carbonyl (C=O) groups excluding carboxylic acids is 2. The zero-order chi connectivity index (χ0) is 15.9. The summed E-state index contributed by atoms with van der Waals surface area (Å²) in [4.78, 5) is 23.2. The van der Waals surface area contributed by atoms with Crippen LogP contribution in [-0.4, -0.2) is 25.0 Å². The van der Waals surface area contributed by atoms with Crippen molar-refractivity contribution in [2.24, 2.45) is 0 Å². The van der Waals surface area contributed by atoms with Gasteiger partial charge in [-0.2, -0.15) is 0 Å². The molecule has 1 aromatic carbocycles. The Balaban J connectivity index is 1.69. The Labute approximate surface area is 127 Å². The minimum absolute atomic E-state index is 0.0964. The molecule has 22 heavy (non-hydrogen) atoms. The first-order chi connectivity index (χ1) is 10.6. The van der Waals surface area contributed by atoms with Gasteiger partial charge in [0.1, 0.15) is 5.82 Å². The highest BCUT2D eigenvalue weighted by Gasteiger charge is 2.15. The first-order valence-corrected chi connectivity index (χ1v) is 6.78. The number of hydrogen-bond donors (Lipinski definition) is 1. The average Bonchev–Trinajstić information content (AvgIpc) is 2.93. The predicted molar refractivity (Wildman–Crippen MR) is 76.8 cm³/mol. The zero-order valence-electron chi connectivity index (χ0n) is 12.1. The lowest BCUT2D eigenvalue weighted by Crippen LogP contribution is -2.30. The van der Waals surface area contributed by atoms with E-state index in [1.54, 1.807) is 25.1 Å². The Kier molecular flexibility index (Phi) is 5.30. The number of rotatable bonds is 6. The molecule has 1 heterocycles. The Morgan fingerprint density at radius 3 is 2.59 bits per heavy atom. The van der Waals surface area contributed by atoms with Crippen LogP contribution < -0.4 is 5.32 Å². The molecule has 0 radical (unpaired) electrons. The minimum atomic E-state index is -0.670. The minimum Gasteiger partial charge on any atom is -0.457 e. The number of ether oxygens (including phenoxy) is 1. The number of furan rings is 1. The fourth-order valence-corrected chi connectivity index (χ4v) is 1.83. The van der Waals surface area contributed by atoms with Crippen molar-refractivity contribution in [2.45, 2.75) is 13.3 Å². The maximum atomic E-state index is 12.7. The van der Waals surface area contributed by atoms with Crippen LogP contribution in [0, 0.1) is 12.7 Å². The van der Waals surface area contributed by atoms with Crippen LogP contribution in [0.2, 0.25) is 0 Å². The number of carbonyl (C=O) groups is 2. The van der Waals surface area contributed by atoms with Gasteiger partial charge in [0.05, 0.1) is 6.26 Å². The van der Waals surface area contributed by atoms with E-state index in [0.717, 1.165) is 5.56 Å².